The predicted molar refractivity (Wildman–Crippen MR) is 98.3 cm³/mol. The van der Waals surface area contributed by atoms with E-state index in [1.807, 2.05) is 42.5 Å². The third kappa shape index (κ3) is 3.15. The van der Waals surface area contributed by atoms with Gasteiger partial charge in [-0.05, 0) is 55.5 Å². The smallest absolute Gasteiger partial charge is 0.338 e. The third-order valence-corrected chi connectivity index (χ3v) is 4.93. The average molecular weight is 348 g/mol. The van der Waals surface area contributed by atoms with E-state index in [9.17, 15) is 9.59 Å². The molecule has 4 rings (SSSR count). The Labute approximate surface area is 152 Å². The largest absolute Gasteiger partial charge is 0.488 e. The quantitative estimate of drug-likeness (QED) is 0.623. The van der Waals surface area contributed by atoms with Gasteiger partial charge in [-0.1, -0.05) is 30.3 Å². The van der Waals surface area contributed by atoms with Gasteiger partial charge in [0, 0.05) is 11.1 Å². The van der Waals surface area contributed by atoms with Crippen molar-refractivity contribution in [2.24, 2.45) is 0 Å². The number of hydrogen-bond donors (Lipinski definition) is 0. The second kappa shape index (κ2) is 6.79. The van der Waals surface area contributed by atoms with Crippen molar-refractivity contribution in [2.75, 3.05) is 6.61 Å². The van der Waals surface area contributed by atoms with E-state index in [0.717, 1.165) is 30.6 Å². The molecule has 1 heterocycles. The van der Waals surface area contributed by atoms with Crippen LogP contribution in [0.25, 0.3) is 6.08 Å². The highest BCUT2D eigenvalue weighted by molar-refractivity contribution is 6.02. The highest BCUT2D eigenvalue weighted by atomic mass is 16.5. The molecule has 4 heteroatoms. The number of carbonyl (C=O) groups excluding carboxylic acids is 2. The molecule has 132 valence electrons. The van der Waals surface area contributed by atoms with Crippen molar-refractivity contribution >= 4 is 17.8 Å². The Morgan fingerprint density at radius 2 is 1.88 bits per heavy atom. The van der Waals surface area contributed by atoms with Crippen LogP contribution >= 0.6 is 0 Å². The van der Waals surface area contributed by atoms with Crippen molar-refractivity contribution in [1.82, 2.24) is 0 Å². The molecule has 2 aromatic rings. The molecule has 0 amide bonds. The number of carbonyl (C=O) groups is 2. The lowest BCUT2D eigenvalue weighted by atomic mass is 10.0. The van der Waals surface area contributed by atoms with Gasteiger partial charge in [-0.2, -0.15) is 0 Å². The Kier molecular flexibility index (Phi) is 4.33. The zero-order valence-corrected chi connectivity index (χ0v) is 14.7. The maximum Gasteiger partial charge on any atom is 0.338 e. The van der Waals surface area contributed by atoms with E-state index in [1.165, 1.54) is 11.1 Å². The number of ketones is 1. The Morgan fingerprint density at radius 1 is 1.08 bits per heavy atom. The van der Waals surface area contributed by atoms with Gasteiger partial charge in [-0.3, -0.25) is 4.79 Å². The summed E-state index contributed by atoms with van der Waals surface area (Å²) >= 11 is 0. The number of rotatable bonds is 4. The molecule has 0 saturated carbocycles. The molecule has 1 aliphatic heterocycles. The van der Waals surface area contributed by atoms with E-state index in [0.29, 0.717) is 11.1 Å². The monoisotopic (exact) mass is 348 g/mol. The SMILES string of the molecule is C[C@H](OC(=O)C1=Cc2ccccc2OC1)C(=O)c1ccc2c(c1)CCC2. The summed E-state index contributed by atoms with van der Waals surface area (Å²) in [5.41, 5.74) is 4.40. The molecule has 0 radical (unpaired) electrons. The zero-order valence-electron chi connectivity index (χ0n) is 14.7. The fraction of sp³-hybridized carbons (Fsp3) is 0.273. The summed E-state index contributed by atoms with van der Waals surface area (Å²) in [7, 11) is 0. The predicted octanol–water partition coefficient (Wildman–Crippen LogP) is 3.77. The summed E-state index contributed by atoms with van der Waals surface area (Å²) < 4.78 is 11.0. The van der Waals surface area contributed by atoms with Gasteiger partial charge in [-0.15, -0.1) is 0 Å². The first-order chi connectivity index (χ1) is 12.6. The van der Waals surface area contributed by atoms with E-state index in [1.54, 1.807) is 13.0 Å². The van der Waals surface area contributed by atoms with Crippen LogP contribution in [0.5, 0.6) is 5.75 Å². The second-order valence-electron chi connectivity index (χ2n) is 6.74. The first kappa shape index (κ1) is 16.6. The molecular formula is C22H20O4. The molecule has 0 fully saturated rings. The van der Waals surface area contributed by atoms with E-state index in [4.69, 9.17) is 9.47 Å². The van der Waals surface area contributed by atoms with Crippen molar-refractivity contribution in [3.63, 3.8) is 0 Å². The Bertz CT molecular complexity index is 910. The van der Waals surface area contributed by atoms with Crippen molar-refractivity contribution in [3.8, 4) is 5.75 Å². The van der Waals surface area contributed by atoms with Crippen LogP contribution in [0.15, 0.2) is 48.0 Å². The maximum absolute atomic E-state index is 12.6. The molecule has 4 nitrogen and oxygen atoms in total. The van der Waals surface area contributed by atoms with Crippen LogP contribution in [0, 0.1) is 0 Å². The second-order valence-corrected chi connectivity index (χ2v) is 6.74. The number of esters is 1. The number of Topliss-reactive ketones (excluding diaryl/α,β-unsaturated/α-hetero) is 1. The minimum absolute atomic E-state index is 0.148. The topological polar surface area (TPSA) is 52.6 Å². The van der Waals surface area contributed by atoms with Gasteiger partial charge >= 0.3 is 5.97 Å². The van der Waals surface area contributed by atoms with Crippen LogP contribution in [0.1, 0.15) is 40.4 Å². The normalized spacial score (nSPS) is 16.0. The summed E-state index contributed by atoms with van der Waals surface area (Å²) in [6.07, 6.45) is 4.14. The van der Waals surface area contributed by atoms with E-state index < -0.39 is 12.1 Å². The highest BCUT2D eigenvalue weighted by Gasteiger charge is 2.25. The molecule has 0 bridgehead atoms. The molecule has 0 aromatic heterocycles. The van der Waals surface area contributed by atoms with Crippen LogP contribution in [0.4, 0.5) is 0 Å². The maximum atomic E-state index is 12.6. The van der Waals surface area contributed by atoms with Gasteiger partial charge in [0.2, 0.25) is 5.78 Å². The van der Waals surface area contributed by atoms with Gasteiger partial charge in [0.05, 0.1) is 5.57 Å². The molecule has 0 N–H and O–H groups in total. The Balaban J connectivity index is 1.46. The highest BCUT2D eigenvalue weighted by Crippen LogP contribution is 2.27. The number of ether oxygens (including phenoxy) is 2. The zero-order chi connectivity index (χ0) is 18.1. The number of aryl methyl sites for hydroxylation is 2. The van der Waals surface area contributed by atoms with Gasteiger partial charge in [0.1, 0.15) is 12.4 Å². The van der Waals surface area contributed by atoms with Gasteiger partial charge < -0.3 is 9.47 Å². The van der Waals surface area contributed by atoms with Gasteiger partial charge in [0.15, 0.2) is 6.10 Å². The molecule has 0 unspecified atom stereocenters. The number of fused-ring (bicyclic) bond motifs is 2. The fourth-order valence-electron chi connectivity index (χ4n) is 3.48. The summed E-state index contributed by atoms with van der Waals surface area (Å²) in [6.45, 7) is 1.77. The number of para-hydroxylation sites is 1. The lowest BCUT2D eigenvalue weighted by Gasteiger charge is -2.19. The molecular weight excluding hydrogens is 328 g/mol. The molecule has 1 aliphatic carbocycles. The van der Waals surface area contributed by atoms with E-state index >= 15 is 0 Å². The summed E-state index contributed by atoms with van der Waals surface area (Å²) in [4.78, 5) is 25.1. The Hall–Kier alpha value is -2.88. The molecule has 26 heavy (non-hydrogen) atoms. The van der Waals surface area contributed by atoms with Crippen molar-refractivity contribution < 1.29 is 19.1 Å². The van der Waals surface area contributed by atoms with Crippen molar-refractivity contribution in [1.29, 1.82) is 0 Å². The average Bonchev–Trinajstić information content (AvgIpc) is 3.14. The van der Waals surface area contributed by atoms with Crippen LogP contribution in [0.3, 0.4) is 0 Å². The number of benzene rings is 2. The molecule has 0 spiro atoms. The number of hydrogen-bond acceptors (Lipinski definition) is 4. The third-order valence-electron chi connectivity index (χ3n) is 4.93. The lowest BCUT2D eigenvalue weighted by Crippen LogP contribution is -2.27. The summed E-state index contributed by atoms with van der Waals surface area (Å²) in [5, 5.41) is 0. The van der Waals surface area contributed by atoms with Crippen LogP contribution in [0.2, 0.25) is 0 Å². The van der Waals surface area contributed by atoms with Crippen molar-refractivity contribution in [3.05, 3.63) is 70.3 Å². The van der Waals surface area contributed by atoms with Crippen LogP contribution in [-0.4, -0.2) is 24.5 Å². The minimum atomic E-state index is -0.833. The standard InChI is InChI=1S/C22H20O4/c1-14(21(23)18-10-9-15-6-4-7-16(15)11-18)26-22(24)19-12-17-5-2-3-8-20(17)25-13-19/h2-3,5,8-12,14H,4,6-7,13H2,1H3/t14-/m0/s1. The van der Waals surface area contributed by atoms with Crippen LogP contribution in [-0.2, 0) is 22.4 Å². The molecule has 2 aromatic carbocycles. The van der Waals surface area contributed by atoms with Crippen LogP contribution < -0.4 is 4.74 Å². The minimum Gasteiger partial charge on any atom is -0.488 e. The first-order valence-corrected chi connectivity index (χ1v) is 8.91. The summed E-state index contributed by atoms with van der Waals surface area (Å²) in [6, 6.07) is 13.3. The van der Waals surface area contributed by atoms with Gasteiger partial charge in [-0.25, -0.2) is 4.79 Å². The summed E-state index contributed by atoms with van der Waals surface area (Å²) in [5.74, 6) is 0.0543. The molecule has 2 aliphatic rings. The van der Waals surface area contributed by atoms with Crippen molar-refractivity contribution in [2.45, 2.75) is 32.3 Å². The molecule has 0 saturated heterocycles. The Morgan fingerprint density at radius 3 is 2.77 bits per heavy atom. The first-order valence-electron chi connectivity index (χ1n) is 8.91. The van der Waals surface area contributed by atoms with Gasteiger partial charge in [0.25, 0.3) is 0 Å². The van der Waals surface area contributed by atoms with E-state index in [-0.39, 0.29) is 12.4 Å². The fourth-order valence-corrected chi connectivity index (χ4v) is 3.48. The molecule has 1 atom stereocenters. The van der Waals surface area contributed by atoms with E-state index in [2.05, 4.69) is 0 Å². The lowest BCUT2D eigenvalue weighted by molar-refractivity contribution is -0.141.